The van der Waals surface area contributed by atoms with Crippen LogP contribution in [0.2, 0.25) is 5.15 Å². The average Bonchev–Trinajstić information content (AvgIpc) is 2.89. The second-order valence-corrected chi connectivity index (χ2v) is 7.93. The molecule has 1 atom stereocenters. The van der Waals surface area contributed by atoms with Crippen LogP contribution in [0.1, 0.15) is 24.3 Å². The Balaban J connectivity index is 1.90. The fourth-order valence-corrected chi connectivity index (χ4v) is 4.41. The summed E-state index contributed by atoms with van der Waals surface area (Å²) in [7, 11) is -2.41. The highest BCUT2D eigenvalue weighted by Crippen LogP contribution is 2.31. The molecule has 2 heterocycles. The third kappa shape index (κ3) is 4.06. The third-order valence-electron chi connectivity index (χ3n) is 3.94. The highest BCUT2D eigenvalue weighted by Gasteiger charge is 2.27. The normalized spacial score (nSPS) is 12.6. The van der Waals surface area contributed by atoms with E-state index in [1.165, 1.54) is 10.9 Å². The zero-order valence-corrected chi connectivity index (χ0v) is 16.6. The monoisotopic (exact) mass is 406 g/mol. The number of hydrogen-bond donors (Lipinski definition) is 1. The van der Waals surface area contributed by atoms with Gasteiger partial charge in [0.1, 0.15) is 16.2 Å². The van der Waals surface area contributed by atoms with Crippen molar-refractivity contribution in [2.75, 3.05) is 4.72 Å². The molecule has 0 aliphatic heterocycles. The van der Waals surface area contributed by atoms with Crippen molar-refractivity contribution in [3.63, 3.8) is 0 Å². The van der Waals surface area contributed by atoms with Crippen LogP contribution in [0, 0.1) is 6.92 Å². The Hall–Kier alpha value is -2.58. The number of nitrogens with one attached hydrogen (secondary N) is 1. The lowest BCUT2D eigenvalue weighted by Gasteiger charge is -2.17. The standard InChI is InChI=1S/C18H19ClN4O3S/c1-12-16(17(19)23(3)21-12)27(24,25)22-18-15(10-7-11-20-18)26-13(2)14-8-5-4-6-9-14/h4-11,13H,1-3H3,(H,20,22). The first-order valence-electron chi connectivity index (χ1n) is 8.18. The first-order chi connectivity index (χ1) is 12.8. The number of benzene rings is 1. The summed E-state index contributed by atoms with van der Waals surface area (Å²) >= 11 is 6.10. The van der Waals surface area contributed by atoms with E-state index >= 15 is 0 Å². The van der Waals surface area contributed by atoms with Gasteiger partial charge >= 0.3 is 0 Å². The molecule has 1 N–H and O–H groups in total. The zero-order valence-electron chi connectivity index (χ0n) is 15.0. The maximum Gasteiger partial charge on any atom is 0.268 e. The van der Waals surface area contributed by atoms with E-state index in [0.717, 1.165) is 5.56 Å². The second kappa shape index (κ2) is 7.58. The molecule has 0 fully saturated rings. The van der Waals surface area contributed by atoms with E-state index in [1.807, 2.05) is 37.3 Å². The van der Waals surface area contributed by atoms with Gasteiger partial charge in [-0.3, -0.25) is 9.40 Å². The van der Waals surface area contributed by atoms with E-state index in [2.05, 4.69) is 14.8 Å². The van der Waals surface area contributed by atoms with Crippen molar-refractivity contribution in [2.24, 2.45) is 7.05 Å². The summed E-state index contributed by atoms with van der Waals surface area (Å²) in [5.74, 6) is 0.398. The molecule has 9 heteroatoms. The van der Waals surface area contributed by atoms with Gasteiger partial charge in [-0.1, -0.05) is 41.9 Å². The molecule has 0 aliphatic carbocycles. The van der Waals surface area contributed by atoms with Gasteiger partial charge in [0.15, 0.2) is 11.6 Å². The van der Waals surface area contributed by atoms with Crippen molar-refractivity contribution < 1.29 is 13.2 Å². The number of aromatic nitrogens is 3. The van der Waals surface area contributed by atoms with Crippen molar-refractivity contribution >= 4 is 27.4 Å². The topological polar surface area (TPSA) is 86.1 Å². The Kier molecular flexibility index (Phi) is 5.38. The fraction of sp³-hybridized carbons (Fsp3) is 0.222. The number of sulfonamides is 1. The van der Waals surface area contributed by atoms with Crippen molar-refractivity contribution in [1.82, 2.24) is 14.8 Å². The summed E-state index contributed by atoms with van der Waals surface area (Å²) in [6.45, 7) is 3.45. The minimum Gasteiger partial charge on any atom is -0.482 e. The van der Waals surface area contributed by atoms with Crippen molar-refractivity contribution in [1.29, 1.82) is 0 Å². The molecule has 7 nitrogen and oxygen atoms in total. The zero-order chi connectivity index (χ0) is 19.6. The van der Waals surface area contributed by atoms with E-state index in [0.29, 0.717) is 11.4 Å². The Bertz CT molecular complexity index is 1050. The fourth-order valence-electron chi connectivity index (χ4n) is 2.64. The van der Waals surface area contributed by atoms with Crippen molar-refractivity contribution in [3.8, 4) is 5.75 Å². The summed E-state index contributed by atoms with van der Waals surface area (Å²) < 4.78 is 35.3. The number of pyridine rings is 1. The van der Waals surface area contributed by atoms with E-state index in [1.54, 1.807) is 26.1 Å². The summed E-state index contributed by atoms with van der Waals surface area (Å²) in [5.41, 5.74) is 1.26. The molecule has 0 bridgehead atoms. The van der Waals surface area contributed by atoms with Crippen LogP contribution < -0.4 is 9.46 Å². The Morgan fingerprint density at radius 3 is 2.52 bits per heavy atom. The van der Waals surface area contributed by atoms with Gasteiger partial charge in [-0.2, -0.15) is 5.10 Å². The SMILES string of the molecule is Cc1nn(C)c(Cl)c1S(=O)(=O)Nc1ncccc1OC(C)c1ccccc1. The molecule has 3 aromatic rings. The molecule has 0 saturated carbocycles. The lowest BCUT2D eigenvalue weighted by Crippen LogP contribution is -2.16. The minimum atomic E-state index is -3.98. The van der Waals surface area contributed by atoms with Crippen LogP contribution in [-0.4, -0.2) is 23.2 Å². The summed E-state index contributed by atoms with van der Waals surface area (Å²) in [6, 6.07) is 12.9. The quantitative estimate of drug-likeness (QED) is 0.674. The lowest BCUT2D eigenvalue weighted by molar-refractivity contribution is 0.227. The summed E-state index contributed by atoms with van der Waals surface area (Å²) in [5, 5.41) is 4.07. The van der Waals surface area contributed by atoms with Crippen LogP contribution in [-0.2, 0) is 17.1 Å². The first-order valence-corrected chi connectivity index (χ1v) is 10.0. The number of aryl methyl sites for hydroxylation is 2. The molecule has 2 aromatic heterocycles. The molecule has 0 amide bonds. The van der Waals surface area contributed by atoms with E-state index in [9.17, 15) is 8.42 Å². The van der Waals surface area contributed by atoms with Crippen molar-refractivity contribution in [2.45, 2.75) is 24.8 Å². The molecule has 1 aromatic carbocycles. The van der Waals surface area contributed by atoms with Crippen LogP contribution in [0.25, 0.3) is 0 Å². The van der Waals surface area contributed by atoms with Crippen LogP contribution in [0.3, 0.4) is 0 Å². The Morgan fingerprint density at radius 2 is 1.89 bits per heavy atom. The van der Waals surface area contributed by atoms with Gasteiger partial charge in [0.05, 0.1) is 5.69 Å². The smallest absolute Gasteiger partial charge is 0.268 e. The Morgan fingerprint density at radius 1 is 1.19 bits per heavy atom. The number of halogens is 1. The number of anilines is 1. The van der Waals surface area contributed by atoms with E-state index in [-0.39, 0.29) is 22.0 Å². The highest BCUT2D eigenvalue weighted by molar-refractivity contribution is 7.92. The molecule has 142 valence electrons. The molecule has 3 rings (SSSR count). The number of nitrogens with zero attached hydrogens (tertiary/aromatic N) is 3. The number of hydrogen-bond acceptors (Lipinski definition) is 5. The molecule has 0 spiro atoms. The third-order valence-corrected chi connectivity index (χ3v) is 5.98. The number of ether oxygens (including phenoxy) is 1. The van der Waals surface area contributed by atoms with Gasteiger partial charge in [-0.15, -0.1) is 0 Å². The predicted molar refractivity (Wildman–Crippen MR) is 103 cm³/mol. The van der Waals surface area contributed by atoms with Crippen LogP contribution in [0.5, 0.6) is 5.75 Å². The molecule has 0 aliphatic rings. The van der Waals surface area contributed by atoms with Gasteiger partial charge in [0.2, 0.25) is 0 Å². The summed E-state index contributed by atoms with van der Waals surface area (Å²) in [6.07, 6.45) is 1.19. The largest absolute Gasteiger partial charge is 0.482 e. The second-order valence-electron chi connectivity index (χ2n) is 5.96. The maximum absolute atomic E-state index is 12.8. The Labute approximate surface area is 163 Å². The average molecular weight is 407 g/mol. The maximum atomic E-state index is 12.8. The lowest BCUT2D eigenvalue weighted by atomic mass is 10.1. The highest BCUT2D eigenvalue weighted by atomic mass is 35.5. The predicted octanol–water partition coefficient (Wildman–Crippen LogP) is 3.72. The molecule has 27 heavy (non-hydrogen) atoms. The van der Waals surface area contributed by atoms with Gasteiger partial charge in [0, 0.05) is 13.2 Å². The first kappa shape index (κ1) is 19.2. The van der Waals surface area contributed by atoms with Crippen molar-refractivity contribution in [3.05, 3.63) is 65.1 Å². The number of rotatable bonds is 6. The molecular formula is C18H19ClN4O3S. The van der Waals surface area contributed by atoms with Gasteiger partial charge in [0.25, 0.3) is 10.0 Å². The van der Waals surface area contributed by atoms with E-state index < -0.39 is 10.0 Å². The molecule has 0 saturated heterocycles. The van der Waals surface area contributed by atoms with Crippen LogP contribution in [0.4, 0.5) is 5.82 Å². The van der Waals surface area contributed by atoms with E-state index in [4.69, 9.17) is 16.3 Å². The summed E-state index contributed by atoms with van der Waals surface area (Å²) in [4.78, 5) is 4.03. The van der Waals surface area contributed by atoms with Gasteiger partial charge in [-0.25, -0.2) is 13.4 Å². The molecular weight excluding hydrogens is 388 g/mol. The molecule has 1 unspecified atom stereocenters. The van der Waals surface area contributed by atoms with Crippen LogP contribution >= 0.6 is 11.6 Å². The van der Waals surface area contributed by atoms with Gasteiger partial charge < -0.3 is 4.74 Å². The van der Waals surface area contributed by atoms with Gasteiger partial charge in [-0.05, 0) is 31.5 Å². The minimum absolute atomic E-state index is 0.0241. The molecule has 0 radical (unpaired) electrons. The van der Waals surface area contributed by atoms with Crippen LogP contribution in [0.15, 0.2) is 53.6 Å².